The minimum absolute atomic E-state index is 0.308. The maximum Gasteiger partial charge on any atom is 0.327 e. The summed E-state index contributed by atoms with van der Waals surface area (Å²) in [7, 11) is 4.20. The molecule has 0 radical (unpaired) electrons. The lowest BCUT2D eigenvalue weighted by molar-refractivity contribution is -0.149. The minimum atomic E-state index is -0.912. The van der Waals surface area contributed by atoms with Gasteiger partial charge in [-0.25, -0.2) is 0 Å². The minimum Gasteiger partial charge on any atom is -0.465 e. The smallest absolute Gasteiger partial charge is 0.327 e. The summed E-state index contributed by atoms with van der Waals surface area (Å²) in [6, 6.07) is 0.553. The number of nitrogens with two attached hydrogens (primary N) is 1. The van der Waals surface area contributed by atoms with E-state index in [1.54, 1.807) is 13.8 Å². The van der Waals surface area contributed by atoms with E-state index in [2.05, 4.69) is 23.9 Å². The van der Waals surface area contributed by atoms with E-state index in [4.69, 9.17) is 10.5 Å². The van der Waals surface area contributed by atoms with E-state index in [1.807, 2.05) is 0 Å². The number of nitrogens with zero attached hydrogens (tertiary/aromatic N) is 2. The summed E-state index contributed by atoms with van der Waals surface area (Å²) in [5.74, 6) is -0.308. The van der Waals surface area contributed by atoms with Gasteiger partial charge in [-0.05, 0) is 47.3 Å². The van der Waals surface area contributed by atoms with Crippen molar-refractivity contribution < 1.29 is 9.53 Å². The number of likely N-dealkylation sites (N-methyl/N-ethyl adjacent to an activating group) is 1. The van der Waals surface area contributed by atoms with Gasteiger partial charge in [0.2, 0.25) is 0 Å². The quantitative estimate of drug-likeness (QED) is 0.718. The van der Waals surface area contributed by atoms with Crippen molar-refractivity contribution in [2.24, 2.45) is 5.73 Å². The highest BCUT2D eigenvalue weighted by atomic mass is 16.5. The van der Waals surface area contributed by atoms with Crippen LogP contribution < -0.4 is 5.73 Å². The molecule has 18 heavy (non-hydrogen) atoms. The lowest BCUT2D eigenvalue weighted by Crippen LogP contribution is -2.57. The molecule has 0 bridgehead atoms. The molecule has 1 aliphatic heterocycles. The van der Waals surface area contributed by atoms with Crippen LogP contribution in [0, 0.1) is 0 Å². The van der Waals surface area contributed by atoms with Crippen LogP contribution in [0.2, 0.25) is 0 Å². The molecule has 1 aliphatic rings. The van der Waals surface area contributed by atoms with E-state index in [0.29, 0.717) is 19.2 Å². The highest BCUT2D eigenvalue weighted by Crippen LogP contribution is 2.16. The summed E-state index contributed by atoms with van der Waals surface area (Å²) in [6.45, 7) is 6.49. The molecule has 106 valence electrons. The van der Waals surface area contributed by atoms with Crippen molar-refractivity contribution >= 4 is 5.97 Å². The number of likely N-dealkylation sites (tertiary alicyclic amines) is 1. The van der Waals surface area contributed by atoms with E-state index < -0.39 is 5.54 Å². The first-order valence-corrected chi connectivity index (χ1v) is 6.71. The van der Waals surface area contributed by atoms with Crippen molar-refractivity contribution in [2.75, 3.05) is 40.3 Å². The third-order valence-corrected chi connectivity index (χ3v) is 3.50. The molecule has 2 unspecified atom stereocenters. The summed E-state index contributed by atoms with van der Waals surface area (Å²) < 4.78 is 5.02. The largest absolute Gasteiger partial charge is 0.465 e. The third-order valence-electron chi connectivity index (χ3n) is 3.50. The van der Waals surface area contributed by atoms with E-state index in [1.165, 1.54) is 6.42 Å². The first kappa shape index (κ1) is 15.4. The second kappa shape index (κ2) is 6.50. The molecule has 0 aromatic carbocycles. The van der Waals surface area contributed by atoms with Crippen molar-refractivity contribution in [2.45, 2.75) is 38.3 Å². The van der Waals surface area contributed by atoms with Crippen LogP contribution in [0.5, 0.6) is 0 Å². The number of hydrogen-bond acceptors (Lipinski definition) is 5. The second-order valence-electron chi connectivity index (χ2n) is 5.63. The molecule has 5 heteroatoms. The Balaban J connectivity index is 2.52. The predicted molar refractivity (Wildman–Crippen MR) is 72.4 cm³/mol. The number of ether oxygens (including phenoxy) is 1. The van der Waals surface area contributed by atoms with Gasteiger partial charge in [-0.15, -0.1) is 0 Å². The summed E-state index contributed by atoms with van der Waals surface area (Å²) in [5.41, 5.74) is 5.16. The number of carbonyl (C=O) groups is 1. The Morgan fingerprint density at radius 1 is 1.56 bits per heavy atom. The molecule has 2 atom stereocenters. The van der Waals surface area contributed by atoms with Gasteiger partial charge in [0, 0.05) is 19.1 Å². The van der Waals surface area contributed by atoms with Crippen LogP contribution in [-0.4, -0.2) is 67.7 Å². The van der Waals surface area contributed by atoms with Crippen molar-refractivity contribution in [1.29, 1.82) is 0 Å². The highest BCUT2D eigenvalue weighted by molar-refractivity contribution is 5.80. The Kier molecular flexibility index (Phi) is 5.56. The van der Waals surface area contributed by atoms with Crippen LogP contribution in [-0.2, 0) is 9.53 Å². The van der Waals surface area contributed by atoms with Gasteiger partial charge in [-0.3, -0.25) is 9.69 Å². The number of piperidine rings is 1. The maximum atomic E-state index is 11.8. The van der Waals surface area contributed by atoms with Gasteiger partial charge in [0.25, 0.3) is 0 Å². The van der Waals surface area contributed by atoms with Gasteiger partial charge in [0.05, 0.1) is 6.61 Å². The number of rotatable bonds is 5. The Morgan fingerprint density at radius 3 is 2.78 bits per heavy atom. The van der Waals surface area contributed by atoms with E-state index in [0.717, 1.165) is 19.5 Å². The number of hydrogen-bond donors (Lipinski definition) is 1. The van der Waals surface area contributed by atoms with Gasteiger partial charge >= 0.3 is 5.97 Å². The van der Waals surface area contributed by atoms with E-state index >= 15 is 0 Å². The Labute approximate surface area is 110 Å². The van der Waals surface area contributed by atoms with Gasteiger partial charge in [0.1, 0.15) is 5.54 Å². The maximum absolute atomic E-state index is 11.8. The Hall–Kier alpha value is -0.650. The first-order valence-electron chi connectivity index (χ1n) is 6.71. The fraction of sp³-hybridized carbons (Fsp3) is 0.923. The van der Waals surface area contributed by atoms with Gasteiger partial charge in [-0.2, -0.15) is 0 Å². The van der Waals surface area contributed by atoms with Crippen LogP contribution in [0.3, 0.4) is 0 Å². The molecule has 1 saturated heterocycles. The van der Waals surface area contributed by atoms with Crippen LogP contribution in [0.1, 0.15) is 26.7 Å². The van der Waals surface area contributed by atoms with Gasteiger partial charge < -0.3 is 15.4 Å². The monoisotopic (exact) mass is 257 g/mol. The number of esters is 1. The van der Waals surface area contributed by atoms with Crippen LogP contribution in [0.25, 0.3) is 0 Å². The molecule has 0 spiro atoms. The molecule has 1 rings (SSSR count). The third kappa shape index (κ3) is 4.23. The van der Waals surface area contributed by atoms with Gasteiger partial charge in [-0.1, -0.05) is 0 Å². The SMILES string of the molecule is CCOC(=O)C(C)(N)CN1CCCC(N(C)C)C1. The van der Waals surface area contributed by atoms with Crippen molar-refractivity contribution in [1.82, 2.24) is 9.80 Å². The molecular weight excluding hydrogens is 230 g/mol. The molecule has 2 N–H and O–H groups in total. The normalized spacial score (nSPS) is 24.9. The summed E-state index contributed by atoms with van der Waals surface area (Å²) in [6.07, 6.45) is 2.37. The molecule has 0 amide bonds. The summed E-state index contributed by atoms with van der Waals surface area (Å²) in [4.78, 5) is 16.3. The highest BCUT2D eigenvalue weighted by Gasteiger charge is 2.34. The fourth-order valence-corrected chi connectivity index (χ4v) is 2.42. The molecule has 0 aromatic heterocycles. The molecular formula is C13H27N3O2. The lowest BCUT2D eigenvalue weighted by atomic mass is 9.99. The van der Waals surface area contributed by atoms with E-state index in [-0.39, 0.29) is 5.97 Å². The molecule has 5 nitrogen and oxygen atoms in total. The van der Waals surface area contributed by atoms with Crippen LogP contribution >= 0.6 is 0 Å². The van der Waals surface area contributed by atoms with Crippen LogP contribution in [0.4, 0.5) is 0 Å². The standard InChI is InChI=1S/C13H27N3O2/c1-5-18-12(17)13(2,14)10-16-8-6-7-11(9-16)15(3)4/h11H,5-10,14H2,1-4H3. The number of carbonyl (C=O) groups excluding carboxylic acids is 1. The lowest BCUT2D eigenvalue weighted by Gasteiger charge is -2.39. The van der Waals surface area contributed by atoms with Crippen LogP contribution in [0.15, 0.2) is 0 Å². The summed E-state index contributed by atoms with van der Waals surface area (Å²) >= 11 is 0. The van der Waals surface area contributed by atoms with Crippen molar-refractivity contribution in [3.8, 4) is 0 Å². The zero-order valence-electron chi connectivity index (χ0n) is 12.1. The molecule has 1 heterocycles. The zero-order valence-corrected chi connectivity index (χ0v) is 12.1. The van der Waals surface area contributed by atoms with Gasteiger partial charge in [0.15, 0.2) is 0 Å². The van der Waals surface area contributed by atoms with Crippen molar-refractivity contribution in [3.05, 3.63) is 0 Å². The Bertz CT molecular complexity index is 279. The first-order chi connectivity index (χ1) is 8.36. The second-order valence-corrected chi connectivity index (χ2v) is 5.63. The molecule has 1 fully saturated rings. The topological polar surface area (TPSA) is 58.8 Å². The predicted octanol–water partition coefficient (Wildman–Crippen LogP) is 0.293. The molecule has 0 aromatic rings. The summed E-state index contributed by atoms with van der Waals surface area (Å²) in [5, 5.41) is 0. The van der Waals surface area contributed by atoms with E-state index in [9.17, 15) is 4.79 Å². The Morgan fingerprint density at radius 2 is 2.22 bits per heavy atom. The fourth-order valence-electron chi connectivity index (χ4n) is 2.42. The molecule has 0 saturated carbocycles. The molecule has 0 aliphatic carbocycles. The average Bonchev–Trinajstić information content (AvgIpc) is 2.29. The van der Waals surface area contributed by atoms with Crippen molar-refractivity contribution in [3.63, 3.8) is 0 Å². The zero-order chi connectivity index (χ0) is 13.8. The average molecular weight is 257 g/mol.